The molecule has 2 aromatic carbocycles. The van der Waals surface area contributed by atoms with Gasteiger partial charge in [-0.2, -0.15) is 5.10 Å². The van der Waals surface area contributed by atoms with Gasteiger partial charge in [0.1, 0.15) is 17.0 Å². The number of H-pyrrole nitrogens is 2. The molecule has 0 aliphatic carbocycles. The Morgan fingerprint density at radius 2 is 1.78 bits per heavy atom. The van der Waals surface area contributed by atoms with Crippen molar-refractivity contribution in [2.45, 2.75) is 0 Å². The predicted octanol–water partition coefficient (Wildman–Crippen LogP) is 5.95. The van der Waals surface area contributed by atoms with Crippen molar-refractivity contribution in [3.8, 4) is 33.8 Å². The summed E-state index contributed by atoms with van der Waals surface area (Å²) in [6.45, 7) is 1.59. The first-order valence-electron chi connectivity index (χ1n) is 12.1. The molecule has 0 amide bonds. The van der Waals surface area contributed by atoms with Gasteiger partial charge in [0.2, 0.25) is 0 Å². The van der Waals surface area contributed by atoms with Crippen LogP contribution in [0.25, 0.3) is 55.7 Å². The number of likely N-dealkylation sites (N-methyl/N-ethyl adjacent to an activating group) is 1. The highest BCUT2D eigenvalue weighted by Crippen LogP contribution is 2.35. The lowest BCUT2D eigenvalue weighted by molar-refractivity contribution is 0.425. The van der Waals surface area contributed by atoms with Crippen molar-refractivity contribution >= 4 is 27.6 Å². The number of aromatic nitrogens is 5. The van der Waals surface area contributed by atoms with E-state index in [1.807, 2.05) is 62.6 Å². The Morgan fingerprint density at radius 1 is 0.919 bits per heavy atom. The van der Waals surface area contributed by atoms with Crippen molar-refractivity contribution in [2.75, 3.05) is 32.5 Å². The summed E-state index contributed by atoms with van der Waals surface area (Å²) in [5.41, 5.74) is 8.51. The number of nitrogens with zero attached hydrogens (tertiary/aromatic N) is 4. The van der Waals surface area contributed by atoms with Crippen LogP contribution in [0, 0.1) is 5.82 Å². The SMILES string of the molecule is CN(C)CCNc1cc(F)cc(-c2cccc3[nH]c(-c4n[nH]c5ccc(-c6ccncc6)nc45)cc23)c1. The molecule has 8 heteroatoms. The third kappa shape index (κ3) is 4.54. The first-order chi connectivity index (χ1) is 18.0. The molecular weight excluding hydrogens is 465 g/mol. The summed E-state index contributed by atoms with van der Waals surface area (Å²) in [7, 11) is 4.03. The van der Waals surface area contributed by atoms with Crippen LogP contribution in [-0.4, -0.2) is 57.2 Å². The number of nitrogens with one attached hydrogen (secondary N) is 3. The number of hydrogen-bond acceptors (Lipinski definition) is 5. The summed E-state index contributed by atoms with van der Waals surface area (Å²) in [5, 5.41) is 12.0. The molecule has 0 fully saturated rings. The van der Waals surface area contributed by atoms with Gasteiger partial charge in [-0.15, -0.1) is 0 Å². The van der Waals surface area contributed by atoms with Crippen molar-refractivity contribution in [2.24, 2.45) is 0 Å². The van der Waals surface area contributed by atoms with Gasteiger partial charge in [-0.1, -0.05) is 12.1 Å². The van der Waals surface area contributed by atoms with E-state index in [-0.39, 0.29) is 5.82 Å². The summed E-state index contributed by atoms with van der Waals surface area (Å²) in [6, 6.07) is 21.0. The van der Waals surface area contributed by atoms with E-state index in [0.717, 1.165) is 74.5 Å². The van der Waals surface area contributed by atoms with Crippen molar-refractivity contribution < 1.29 is 4.39 Å². The molecule has 0 bridgehead atoms. The largest absolute Gasteiger partial charge is 0.384 e. The van der Waals surface area contributed by atoms with Gasteiger partial charge in [-0.05, 0) is 79.8 Å². The zero-order chi connectivity index (χ0) is 25.4. The Hall–Kier alpha value is -4.56. The quantitative estimate of drug-likeness (QED) is 0.257. The average Bonchev–Trinajstić information content (AvgIpc) is 3.52. The van der Waals surface area contributed by atoms with Gasteiger partial charge in [-0.25, -0.2) is 9.37 Å². The van der Waals surface area contributed by atoms with Crippen molar-refractivity contribution in [1.82, 2.24) is 30.0 Å². The minimum absolute atomic E-state index is 0.274. The second kappa shape index (κ2) is 9.48. The fraction of sp³-hybridized carbons (Fsp3) is 0.138. The Morgan fingerprint density at radius 3 is 2.62 bits per heavy atom. The van der Waals surface area contributed by atoms with Crippen LogP contribution >= 0.6 is 0 Å². The summed E-state index contributed by atoms with van der Waals surface area (Å²) < 4.78 is 14.6. The molecule has 7 nitrogen and oxygen atoms in total. The van der Waals surface area contributed by atoms with Gasteiger partial charge in [0.05, 0.1) is 16.9 Å². The van der Waals surface area contributed by atoms with Crippen molar-refractivity contribution in [3.63, 3.8) is 0 Å². The number of benzene rings is 2. The molecular formula is C29H26FN7. The van der Waals surface area contributed by atoms with Gasteiger partial charge in [0, 0.05) is 47.6 Å². The number of fused-ring (bicyclic) bond motifs is 2. The molecule has 0 aliphatic rings. The van der Waals surface area contributed by atoms with Gasteiger partial charge >= 0.3 is 0 Å². The highest BCUT2D eigenvalue weighted by atomic mass is 19.1. The monoisotopic (exact) mass is 491 g/mol. The van der Waals surface area contributed by atoms with Crippen LogP contribution in [0.3, 0.4) is 0 Å². The standard InChI is InChI=1S/C29H26FN7/c1-37(2)13-12-32-21-15-19(14-20(30)16-21)22-4-3-5-25-23(22)17-27(33-25)29-28-26(35-36-29)7-6-24(34-28)18-8-10-31-11-9-18/h3-11,14-17,32-33H,12-13H2,1-2H3,(H,35,36). The third-order valence-corrected chi connectivity index (χ3v) is 6.40. The lowest BCUT2D eigenvalue weighted by Crippen LogP contribution is -2.20. The smallest absolute Gasteiger partial charge is 0.135 e. The third-order valence-electron chi connectivity index (χ3n) is 6.40. The Kier molecular flexibility index (Phi) is 5.86. The van der Waals surface area contributed by atoms with Crippen LogP contribution in [0.4, 0.5) is 10.1 Å². The zero-order valence-corrected chi connectivity index (χ0v) is 20.6. The van der Waals surface area contributed by atoms with E-state index < -0.39 is 0 Å². The zero-order valence-electron chi connectivity index (χ0n) is 20.6. The predicted molar refractivity (Wildman–Crippen MR) is 147 cm³/mol. The molecule has 184 valence electrons. The van der Waals surface area contributed by atoms with Crippen LogP contribution in [0.15, 0.2) is 79.1 Å². The molecule has 6 rings (SSSR count). The van der Waals surface area contributed by atoms with Crippen molar-refractivity contribution in [3.05, 3.63) is 84.9 Å². The number of hydrogen-bond donors (Lipinski definition) is 3. The number of aromatic amines is 2. The molecule has 6 aromatic rings. The van der Waals surface area contributed by atoms with E-state index in [4.69, 9.17) is 4.98 Å². The topological polar surface area (TPSA) is 85.5 Å². The lowest BCUT2D eigenvalue weighted by atomic mass is 10.0. The minimum atomic E-state index is -0.274. The maximum Gasteiger partial charge on any atom is 0.135 e. The molecule has 0 spiro atoms. The van der Waals surface area contributed by atoms with E-state index >= 15 is 0 Å². The average molecular weight is 492 g/mol. The van der Waals surface area contributed by atoms with E-state index in [0.29, 0.717) is 0 Å². The van der Waals surface area contributed by atoms with Crippen LogP contribution in [0.1, 0.15) is 0 Å². The highest BCUT2D eigenvalue weighted by Gasteiger charge is 2.16. The highest BCUT2D eigenvalue weighted by molar-refractivity contribution is 6.00. The fourth-order valence-corrected chi connectivity index (χ4v) is 4.58. The summed E-state index contributed by atoms with van der Waals surface area (Å²) >= 11 is 0. The molecule has 0 unspecified atom stereocenters. The number of pyridine rings is 2. The number of rotatable bonds is 7. The number of anilines is 1. The van der Waals surface area contributed by atoms with Gasteiger partial charge in [0.25, 0.3) is 0 Å². The molecule has 3 N–H and O–H groups in total. The van der Waals surface area contributed by atoms with E-state index in [9.17, 15) is 4.39 Å². The van der Waals surface area contributed by atoms with Gasteiger partial charge < -0.3 is 15.2 Å². The Labute approximate surface area is 213 Å². The van der Waals surface area contributed by atoms with Crippen LogP contribution in [-0.2, 0) is 0 Å². The molecule has 4 heterocycles. The number of halogens is 1. The molecule has 37 heavy (non-hydrogen) atoms. The molecule has 4 aromatic heterocycles. The Bertz CT molecular complexity index is 1700. The maximum absolute atomic E-state index is 14.6. The lowest BCUT2D eigenvalue weighted by Gasteiger charge is -2.13. The second-order valence-electron chi connectivity index (χ2n) is 9.31. The maximum atomic E-state index is 14.6. The first-order valence-corrected chi connectivity index (χ1v) is 12.1. The van der Waals surface area contributed by atoms with Crippen LogP contribution in [0.5, 0.6) is 0 Å². The van der Waals surface area contributed by atoms with E-state index in [2.05, 4.69) is 36.4 Å². The van der Waals surface area contributed by atoms with Crippen molar-refractivity contribution in [1.29, 1.82) is 0 Å². The Balaban J connectivity index is 1.41. The van der Waals surface area contributed by atoms with Crippen LogP contribution < -0.4 is 5.32 Å². The van der Waals surface area contributed by atoms with E-state index in [1.54, 1.807) is 18.5 Å². The first kappa shape index (κ1) is 22.9. The molecule has 0 radical (unpaired) electrons. The summed E-state index contributed by atoms with van der Waals surface area (Å²) in [6.07, 6.45) is 3.51. The van der Waals surface area contributed by atoms with Crippen LogP contribution in [0.2, 0.25) is 0 Å². The van der Waals surface area contributed by atoms with Gasteiger partial charge in [-0.3, -0.25) is 10.1 Å². The second-order valence-corrected chi connectivity index (χ2v) is 9.31. The van der Waals surface area contributed by atoms with E-state index in [1.165, 1.54) is 6.07 Å². The molecule has 0 saturated heterocycles. The fourth-order valence-electron chi connectivity index (χ4n) is 4.58. The molecule has 0 aliphatic heterocycles. The minimum Gasteiger partial charge on any atom is -0.384 e. The molecule has 0 atom stereocenters. The molecule has 0 saturated carbocycles. The summed E-state index contributed by atoms with van der Waals surface area (Å²) in [5.74, 6) is -0.274. The van der Waals surface area contributed by atoms with Gasteiger partial charge in [0.15, 0.2) is 0 Å². The normalized spacial score (nSPS) is 11.6. The summed E-state index contributed by atoms with van der Waals surface area (Å²) in [4.78, 5) is 14.6.